The molecule has 3 aliphatic rings. The molecule has 0 unspecified atom stereocenters. The third-order valence-electron chi connectivity index (χ3n) is 7.80. The van der Waals surface area contributed by atoms with E-state index in [0.29, 0.717) is 18.4 Å². The van der Waals surface area contributed by atoms with Crippen LogP contribution < -0.4 is 14.2 Å². The van der Waals surface area contributed by atoms with Crippen LogP contribution in [0.4, 0.5) is 0 Å². The summed E-state index contributed by atoms with van der Waals surface area (Å²) >= 11 is 0. The maximum absolute atomic E-state index is 9.36. The van der Waals surface area contributed by atoms with Gasteiger partial charge in [-0.3, -0.25) is 9.80 Å². The Balaban J connectivity index is 1.60. The van der Waals surface area contributed by atoms with Crippen LogP contribution in [0.15, 0.2) is 12.1 Å². The predicted octanol–water partition coefficient (Wildman–Crippen LogP) is 3.55. The predicted molar refractivity (Wildman–Crippen MR) is 122 cm³/mol. The maximum Gasteiger partial charge on any atom is 0.203 e. The highest BCUT2D eigenvalue weighted by molar-refractivity contribution is 5.53. The molecule has 4 rings (SSSR count). The number of methoxy groups -OCH3 is 3. The maximum atomic E-state index is 9.36. The fraction of sp³-hybridized carbons (Fsp3) is 0.760. The van der Waals surface area contributed by atoms with Crippen LogP contribution in [0.25, 0.3) is 0 Å². The minimum absolute atomic E-state index is 0.294. The minimum atomic E-state index is 0.294. The molecule has 0 radical (unpaired) electrons. The molecule has 0 aliphatic carbocycles. The zero-order valence-electron chi connectivity index (χ0n) is 19.5. The number of unbranched alkanes of at least 4 members (excludes halogenated alkanes) is 1. The quantitative estimate of drug-likeness (QED) is 0.603. The van der Waals surface area contributed by atoms with Crippen molar-refractivity contribution < 1.29 is 19.3 Å². The van der Waals surface area contributed by atoms with Gasteiger partial charge in [0.1, 0.15) is 0 Å². The van der Waals surface area contributed by atoms with Gasteiger partial charge in [0.05, 0.1) is 21.3 Å². The van der Waals surface area contributed by atoms with Gasteiger partial charge in [-0.1, -0.05) is 0 Å². The Hall–Kier alpha value is -1.50. The third-order valence-corrected chi connectivity index (χ3v) is 7.80. The van der Waals surface area contributed by atoms with E-state index in [2.05, 4.69) is 21.9 Å². The normalized spacial score (nSPS) is 28.8. The molecule has 3 aliphatic heterocycles. The van der Waals surface area contributed by atoms with Crippen molar-refractivity contribution in [3.05, 3.63) is 17.7 Å². The second-order valence-electron chi connectivity index (χ2n) is 9.48. The Bertz CT molecular complexity index is 700. The van der Waals surface area contributed by atoms with Gasteiger partial charge in [0.15, 0.2) is 11.5 Å². The topological polar surface area (TPSA) is 54.4 Å². The van der Waals surface area contributed by atoms with Gasteiger partial charge in [0.25, 0.3) is 0 Å². The van der Waals surface area contributed by atoms with Gasteiger partial charge in [-0.05, 0) is 87.6 Å². The summed E-state index contributed by atoms with van der Waals surface area (Å²) in [4.78, 5) is 5.54. The molecule has 0 spiro atoms. The number of rotatable bonds is 9. The zero-order chi connectivity index (χ0) is 21.8. The summed E-state index contributed by atoms with van der Waals surface area (Å²) in [7, 11) is 5.02. The van der Waals surface area contributed by atoms with Crippen molar-refractivity contribution in [3.8, 4) is 17.2 Å². The van der Waals surface area contributed by atoms with E-state index in [9.17, 15) is 5.11 Å². The van der Waals surface area contributed by atoms with E-state index in [1.807, 2.05) is 0 Å². The van der Waals surface area contributed by atoms with Gasteiger partial charge in [-0.25, -0.2) is 0 Å². The highest BCUT2D eigenvalue weighted by Gasteiger charge is 2.48. The minimum Gasteiger partial charge on any atom is -0.493 e. The SMILES string of the molecule is COc1cc(CN2C[C@H]3CCCN4CCC[C@@H]([C@H]34)[C@H]2CCCCO)cc(OC)c1OC. The molecular formula is C25H40N2O4. The molecule has 3 fully saturated rings. The molecular weight excluding hydrogens is 392 g/mol. The monoisotopic (exact) mass is 432 g/mol. The van der Waals surface area contributed by atoms with E-state index < -0.39 is 0 Å². The Morgan fingerprint density at radius 2 is 1.68 bits per heavy atom. The second kappa shape index (κ2) is 10.4. The van der Waals surface area contributed by atoms with Crippen molar-refractivity contribution in [3.63, 3.8) is 0 Å². The van der Waals surface area contributed by atoms with Crippen LogP contribution in [-0.4, -0.2) is 74.6 Å². The van der Waals surface area contributed by atoms with E-state index >= 15 is 0 Å². The van der Waals surface area contributed by atoms with Gasteiger partial charge in [-0.2, -0.15) is 0 Å². The first-order valence-corrected chi connectivity index (χ1v) is 12.1. The van der Waals surface area contributed by atoms with Crippen molar-refractivity contribution >= 4 is 0 Å². The summed E-state index contributed by atoms with van der Waals surface area (Å²) < 4.78 is 16.7. The van der Waals surface area contributed by atoms with Gasteiger partial charge < -0.3 is 19.3 Å². The Morgan fingerprint density at radius 3 is 2.32 bits per heavy atom. The summed E-state index contributed by atoms with van der Waals surface area (Å²) in [5.41, 5.74) is 1.21. The number of nitrogens with zero attached hydrogens (tertiary/aromatic N) is 2. The molecule has 3 heterocycles. The van der Waals surface area contributed by atoms with E-state index in [0.717, 1.165) is 55.3 Å². The average Bonchev–Trinajstić information content (AvgIpc) is 2.80. The van der Waals surface area contributed by atoms with Crippen LogP contribution in [0, 0.1) is 11.8 Å². The third kappa shape index (κ3) is 4.67. The number of benzene rings is 1. The summed E-state index contributed by atoms with van der Waals surface area (Å²) in [6, 6.07) is 5.55. The standard InChI is InChI=1S/C25H40N2O4/c1-29-22-14-18(15-23(30-2)25(22)31-3)16-27-17-19-8-6-11-26-12-7-9-20(24(19)26)21(27)10-4-5-13-28/h14-15,19-21,24,28H,4-13,16-17H2,1-3H3/t19-,20-,21-,24+/m1/s1. The van der Waals surface area contributed by atoms with Crippen LogP contribution in [0.3, 0.4) is 0 Å². The van der Waals surface area contributed by atoms with Crippen molar-refractivity contribution in [1.29, 1.82) is 0 Å². The van der Waals surface area contributed by atoms with Crippen LogP contribution in [0.1, 0.15) is 50.5 Å². The summed E-state index contributed by atoms with van der Waals surface area (Å²) in [5.74, 6) is 3.63. The van der Waals surface area contributed by atoms with Crippen LogP contribution in [0.2, 0.25) is 0 Å². The fourth-order valence-corrected chi connectivity index (χ4v) is 6.59. The fourth-order valence-electron chi connectivity index (χ4n) is 6.59. The van der Waals surface area contributed by atoms with Crippen molar-refractivity contribution in [2.24, 2.45) is 11.8 Å². The molecule has 3 saturated heterocycles. The van der Waals surface area contributed by atoms with Gasteiger partial charge in [0, 0.05) is 31.8 Å². The number of likely N-dealkylation sites (tertiary alicyclic amines) is 1. The second-order valence-corrected chi connectivity index (χ2v) is 9.48. The molecule has 174 valence electrons. The molecule has 0 amide bonds. The lowest BCUT2D eigenvalue weighted by Gasteiger charge is -2.57. The number of hydrogen-bond acceptors (Lipinski definition) is 6. The smallest absolute Gasteiger partial charge is 0.203 e. The van der Waals surface area contributed by atoms with Crippen LogP contribution >= 0.6 is 0 Å². The van der Waals surface area contributed by atoms with Gasteiger partial charge in [-0.15, -0.1) is 0 Å². The van der Waals surface area contributed by atoms with Gasteiger partial charge >= 0.3 is 0 Å². The Labute approximate surface area is 187 Å². The summed E-state index contributed by atoms with van der Waals surface area (Å²) in [6.07, 6.45) is 8.52. The van der Waals surface area contributed by atoms with E-state index in [-0.39, 0.29) is 0 Å². The number of ether oxygens (including phenoxy) is 3. The molecule has 31 heavy (non-hydrogen) atoms. The summed E-state index contributed by atoms with van der Waals surface area (Å²) in [6.45, 7) is 4.93. The average molecular weight is 433 g/mol. The first-order valence-electron chi connectivity index (χ1n) is 12.1. The summed E-state index contributed by atoms with van der Waals surface area (Å²) in [5, 5.41) is 9.36. The molecule has 1 aromatic carbocycles. The molecule has 1 aromatic rings. The van der Waals surface area contributed by atoms with Crippen molar-refractivity contribution in [1.82, 2.24) is 9.80 Å². The molecule has 1 N–H and O–H groups in total. The number of piperidine rings is 3. The van der Waals surface area contributed by atoms with Crippen molar-refractivity contribution in [2.75, 3.05) is 47.6 Å². The molecule has 6 heteroatoms. The van der Waals surface area contributed by atoms with Gasteiger partial charge in [0.2, 0.25) is 5.75 Å². The number of aliphatic hydroxyl groups excluding tert-OH is 1. The molecule has 4 atom stereocenters. The lowest BCUT2D eigenvalue weighted by atomic mass is 9.69. The largest absolute Gasteiger partial charge is 0.493 e. The van der Waals surface area contributed by atoms with E-state index in [4.69, 9.17) is 14.2 Å². The first kappa shape index (κ1) is 22.7. The lowest BCUT2D eigenvalue weighted by Crippen LogP contribution is -2.64. The van der Waals surface area contributed by atoms with Crippen LogP contribution in [0.5, 0.6) is 17.2 Å². The molecule has 0 saturated carbocycles. The first-order chi connectivity index (χ1) is 15.2. The molecule has 6 nitrogen and oxygen atoms in total. The van der Waals surface area contributed by atoms with E-state index in [1.54, 1.807) is 21.3 Å². The van der Waals surface area contributed by atoms with E-state index in [1.165, 1.54) is 50.8 Å². The molecule has 0 aromatic heterocycles. The number of aliphatic hydroxyl groups is 1. The highest BCUT2D eigenvalue weighted by atomic mass is 16.5. The molecule has 0 bridgehead atoms. The highest BCUT2D eigenvalue weighted by Crippen LogP contribution is 2.44. The Morgan fingerprint density at radius 1 is 0.968 bits per heavy atom. The zero-order valence-corrected chi connectivity index (χ0v) is 19.5. The number of hydrogen-bond donors (Lipinski definition) is 1. The Kier molecular flexibility index (Phi) is 7.62. The van der Waals surface area contributed by atoms with Crippen LogP contribution in [-0.2, 0) is 6.54 Å². The lowest BCUT2D eigenvalue weighted by molar-refractivity contribution is -0.0813. The van der Waals surface area contributed by atoms with Crippen molar-refractivity contribution in [2.45, 2.75) is 63.6 Å².